The Bertz CT molecular complexity index is 761. The van der Waals surface area contributed by atoms with Gasteiger partial charge >= 0.3 is 5.97 Å². The molecule has 8 nitrogen and oxygen atoms in total. The number of benzene rings is 1. The summed E-state index contributed by atoms with van der Waals surface area (Å²) in [6.45, 7) is 2.04. The van der Waals surface area contributed by atoms with Crippen LogP contribution in [0.4, 0.5) is 15.8 Å². The van der Waals surface area contributed by atoms with Gasteiger partial charge in [0, 0.05) is 19.6 Å². The molecule has 0 bridgehead atoms. The van der Waals surface area contributed by atoms with Gasteiger partial charge in [0.25, 0.3) is 5.91 Å². The highest BCUT2D eigenvalue weighted by atomic mass is 19.1. The first-order valence-electron chi connectivity index (χ1n) is 8.66. The van der Waals surface area contributed by atoms with Crippen molar-refractivity contribution in [3.8, 4) is 0 Å². The predicted octanol–water partition coefficient (Wildman–Crippen LogP) is 0.336. The standard InChI is InChI=1S/C18H22FN3O5/c1-26-18(25)12-11-22(5-8-23)17(24)15(12)20-16-13(19)3-2-4-14(16)21-6-9-27-10-7-21/h2-4,20,23H,5-11H2,1H3. The second kappa shape index (κ2) is 8.36. The van der Waals surface area contributed by atoms with Crippen LogP contribution in [0.25, 0.3) is 0 Å². The number of nitrogens with zero attached hydrogens (tertiary/aromatic N) is 2. The highest BCUT2D eigenvalue weighted by molar-refractivity contribution is 6.09. The molecule has 2 heterocycles. The number of aliphatic hydroxyl groups excluding tert-OH is 1. The zero-order chi connectivity index (χ0) is 19.4. The molecule has 0 unspecified atom stereocenters. The van der Waals surface area contributed by atoms with Crippen LogP contribution in [-0.4, -0.2) is 75.0 Å². The van der Waals surface area contributed by atoms with Crippen LogP contribution in [-0.2, 0) is 19.1 Å². The van der Waals surface area contributed by atoms with E-state index in [0.29, 0.717) is 32.0 Å². The smallest absolute Gasteiger partial charge is 0.337 e. The molecular formula is C18H22FN3O5. The lowest BCUT2D eigenvalue weighted by Crippen LogP contribution is -2.37. The molecule has 9 heteroatoms. The van der Waals surface area contributed by atoms with Gasteiger partial charge < -0.3 is 29.7 Å². The van der Waals surface area contributed by atoms with E-state index in [1.54, 1.807) is 12.1 Å². The molecule has 1 aromatic rings. The van der Waals surface area contributed by atoms with E-state index in [9.17, 15) is 14.0 Å². The SMILES string of the molecule is COC(=O)C1=C(Nc2c(F)cccc2N2CCOCC2)C(=O)N(CCO)C1. The van der Waals surface area contributed by atoms with Crippen molar-refractivity contribution in [2.75, 3.05) is 63.3 Å². The van der Waals surface area contributed by atoms with E-state index in [-0.39, 0.29) is 36.7 Å². The van der Waals surface area contributed by atoms with Crippen LogP contribution in [0, 0.1) is 5.82 Å². The molecule has 2 aliphatic rings. The van der Waals surface area contributed by atoms with Crippen molar-refractivity contribution in [3.05, 3.63) is 35.3 Å². The van der Waals surface area contributed by atoms with Crippen molar-refractivity contribution >= 4 is 23.3 Å². The fraction of sp³-hybridized carbons (Fsp3) is 0.444. The van der Waals surface area contributed by atoms with Gasteiger partial charge in [-0.15, -0.1) is 0 Å². The van der Waals surface area contributed by atoms with Gasteiger partial charge in [-0.2, -0.15) is 0 Å². The largest absolute Gasteiger partial charge is 0.466 e. The molecule has 1 aromatic carbocycles. The van der Waals surface area contributed by atoms with E-state index in [1.807, 2.05) is 4.90 Å². The fourth-order valence-electron chi connectivity index (χ4n) is 3.18. The number of para-hydroxylation sites is 1. The molecule has 0 atom stereocenters. The van der Waals surface area contributed by atoms with Gasteiger partial charge in [0.15, 0.2) is 0 Å². The molecule has 0 saturated carbocycles. The highest BCUT2D eigenvalue weighted by Gasteiger charge is 2.35. The van der Waals surface area contributed by atoms with Gasteiger partial charge in [-0.05, 0) is 12.1 Å². The van der Waals surface area contributed by atoms with Gasteiger partial charge in [-0.1, -0.05) is 6.07 Å². The van der Waals surface area contributed by atoms with E-state index in [1.165, 1.54) is 18.1 Å². The summed E-state index contributed by atoms with van der Waals surface area (Å²) in [6, 6.07) is 4.63. The fourth-order valence-corrected chi connectivity index (χ4v) is 3.18. The number of esters is 1. The molecule has 2 N–H and O–H groups in total. The van der Waals surface area contributed by atoms with Crippen LogP contribution in [0.1, 0.15) is 0 Å². The minimum absolute atomic E-state index is 0.00423. The highest BCUT2D eigenvalue weighted by Crippen LogP contribution is 2.32. The van der Waals surface area contributed by atoms with Crippen molar-refractivity contribution < 1.29 is 28.6 Å². The number of amides is 1. The Morgan fingerprint density at radius 3 is 2.78 bits per heavy atom. The maximum absolute atomic E-state index is 14.6. The first-order chi connectivity index (χ1) is 13.1. The normalized spacial score (nSPS) is 17.5. The monoisotopic (exact) mass is 379 g/mol. The summed E-state index contributed by atoms with van der Waals surface area (Å²) in [7, 11) is 1.22. The van der Waals surface area contributed by atoms with E-state index >= 15 is 0 Å². The Morgan fingerprint density at radius 2 is 2.11 bits per heavy atom. The number of morpholine rings is 1. The summed E-state index contributed by atoms with van der Waals surface area (Å²) in [4.78, 5) is 28.0. The Balaban J connectivity index is 1.96. The molecule has 1 fully saturated rings. The molecule has 0 spiro atoms. The van der Waals surface area contributed by atoms with Crippen molar-refractivity contribution in [2.45, 2.75) is 0 Å². The zero-order valence-corrected chi connectivity index (χ0v) is 15.0. The Labute approximate surface area is 156 Å². The number of ether oxygens (including phenoxy) is 2. The third-order valence-corrected chi connectivity index (χ3v) is 4.55. The molecule has 146 valence electrons. The number of hydrogen-bond donors (Lipinski definition) is 2. The van der Waals surface area contributed by atoms with Crippen LogP contribution >= 0.6 is 0 Å². The molecule has 2 aliphatic heterocycles. The third kappa shape index (κ3) is 3.88. The molecule has 27 heavy (non-hydrogen) atoms. The van der Waals surface area contributed by atoms with Crippen LogP contribution in [0.5, 0.6) is 0 Å². The molecule has 0 aromatic heterocycles. The predicted molar refractivity (Wildman–Crippen MR) is 95.8 cm³/mol. The van der Waals surface area contributed by atoms with Gasteiger partial charge in [-0.25, -0.2) is 9.18 Å². The minimum Gasteiger partial charge on any atom is -0.466 e. The van der Waals surface area contributed by atoms with Crippen molar-refractivity contribution in [2.24, 2.45) is 0 Å². The summed E-state index contributed by atoms with van der Waals surface area (Å²) in [5, 5.41) is 12.0. The maximum Gasteiger partial charge on any atom is 0.337 e. The number of nitrogens with one attached hydrogen (secondary N) is 1. The topological polar surface area (TPSA) is 91.3 Å². The van der Waals surface area contributed by atoms with Gasteiger partial charge in [0.1, 0.15) is 11.5 Å². The zero-order valence-electron chi connectivity index (χ0n) is 15.0. The van der Waals surface area contributed by atoms with Crippen molar-refractivity contribution in [1.82, 2.24) is 4.90 Å². The van der Waals surface area contributed by atoms with Crippen molar-refractivity contribution in [1.29, 1.82) is 0 Å². The summed E-state index contributed by atoms with van der Waals surface area (Å²) < 4.78 is 24.7. The number of carbonyl (C=O) groups is 2. The van der Waals surface area contributed by atoms with E-state index < -0.39 is 17.7 Å². The summed E-state index contributed by atoms with van der Waals surface area (Å²) in [5.41, 5.74) is 0.778. The lowest BCUT2D eigenvalue weighted by Gasteiger charge is -2.31. The number of methoxy groups -OCH3 is 1. The van der Waals surface area contributed by atoms with Crippen LogP contribution in [0.15, 0.2) is 29.5 Å². The number of halogens is 1. The van der Waals surface area contributed by atoms with E-state index in [0.717, 1.165) is 0 Å². The van der Waals surface area contributed by atoms with Crippen molar-refractivity contribution in [3.63, 3.8) is 0 Å². The lowest BCUT2D eigenvalue weighted by atomic mass is 10.2. The summed E-state index contributed by atoms with van der Waals surface area (Å²) in [6.07, 6.45) is 0. The van der Waals surface area contributed by atoms with Gasteiger partial charge in [0.2, 0.25) is 0 Å². The van der Waals surface area contributed by atoms with E-state index in [2.05, 4.69) is 5.32 Å². The molecular weight excluding hydrogens is 357 g/mol. The number of aliphatic hydroxyl groups is 1. The van der Waals surface area contributed by atoms with Crippen LogP contribution < -0.4 is 10.2 Å². The molecule has 1 saturated heterocycles. The first-order valence-corrected chi connectivity index (χ1v) is 8.66. The second-order valence-electron chi connectivity index (χ2n) is 6.15. The quantitative estimate of drug-likeness (QED) is 0.689. The molecule has 3 rings (SSSR count). The van der Waals surface area contributed by atoms with Crippen LogP contribution in [0.3, 0.4) is 0 Å². The Hall–Kier alpha value is -2.65. The number of anilines is 2. The average Bonchev–Trinajstić information content (AvgIpc) is 2.99. The Kier molecular flexibility index (Phi) is 5.92. The van der Waals surface area contributed by atoms with Gasteiger partial charge in [-0.3, -0.25) is 4.79 Å². The minimum atomic E-state index is -0.671. The number of β-amino-alcohol motifs (C(OH)–C–C–N with tert-alkyl or cyclic N) is 1. The second-order valence-corrected chi connectivity index (χ2v) is 6.15. The molecule has 1 amide bonds. The van der Waals surface area contributed by atoms with Crippen LogP contribution in [0.2, 0.25) is 0 Å². The number of carbonyl (C=O) groups excluding carboxylic acids is 2. The summed E-state index contributed by atoms with van der Waals surface area (Å²) in [5.74, 6) is -1.69. The van der Waals surface area contributed by atoms with Gasteiger partial charge in [0.05, 0.1) is 50.4 Å². The maximum atomic E-state index is 14.6. The lowest BCUT2D eigenvalue weighted by molar-refractivity contribution is -0.136. The average molecular weight is 379 g/mol. The van der Waals surface area contributed by atoms with E-state index in [4.69, 9.17) is 14.6 Å². The number of hydrogen-bond acceptors (Lipinski definition) is 7. The third-order valence-electron chi connectivity index (χ3n) is 4.55. The Morgan fingerprint density at radius 1 is 1.37 bits per heavy atom. The molecule has 0 radical (unpaired) electrons. The molecule has 0 aliphatic carbocycles. The first kappa shape index (κ1) is 19.1. The summed E-state index contributed by atoms with van der Waals surface area (Å²) >= 11 is 0. The number of rotatable bonds is 6.